The number of sulfonamides is 1. The minimum atomic E-state index is -3.58. The fraction of sp³-hybridized carbons (Fsp3) is 0.381. The van der Waals surface area contributed by atoms with E-state index in [1.807, 2.05) is 58.0 Å². The Morgan fingerprint density at radius 3 is 2.19 bits per heavy atom. The Morgan fingerprint density at radius 2 is 1.67 bits per heavy atom. The first-order valence-corrected chi connectivity index (χ1v) is 10.9. The summed E-state index contributed by atoms with van der Waals surface area (Å²) in [5.41, 5.74) is 4.71. The predicted molar refractivity (Wildman–Crippen MR) is 110 cm³/mol. The van der Waals surface area contributed by atoms with Crippen molar-refractivity contribution in [1.82, 2.24) is 5.32 Å². The van der Waals surface area contributed by atoms with Crippen molar-refractivity contribution < 1.29 is 13.2 Å². The van der Waals surface area contributed by atoms with E-state index in [1.165, 1.54) is 0 Å². The molecule has 0 fully saturated rings. The van der Waals surface area contributed by atoms with Crippen LogP contribution in [0.5, 0.6) is 0 Å². The summed E-state index contributed by atoms with van der Waals surface area (Å²) in [6.07, 6.45) is 1.84. The Kier molecular flexibility index (Phi) is 6.65. The van der Waals surface area contributed by atoms with E-state index < -0.39 is 10.0 Å². The highest BCUT2D eigenvalue weighted by Gasteiger charge is 2.22. The third-order valence-electron chi connectivity index (χ3n) is 4.69. The van der Waals surface area contributed by atoms with Crippen molar-refractivity contribution in [3.8, 4) is 0 Å². The molecule has 0 spiro atoms. The molecule has 0 aliphatic rings. The van der Waals surface area contributed by atoms with Gasteiger partial charge in [-0.3, -0.25) is 9.10 Å². The molecule has 2 aromatic rings. The molecule has 1 amide bonds. The van der Waals surface area contributed by atoms with Crippen LogP contribution in [0.2, 0.25) is 0 Å². The number of hydrogen-bond donors (Lipinski definition) is 1. The fourth-order valence-corrected chi connectivity index (χ4v) is 3.72. The van der Waals surface area contributed by atoms with Gasteiger partial charge in [-0.25, -0.2) is 8.42 Å². The maximum absolute atomic E-state index is 12.6. The molecule has 27 heavy (non-hydrogen) atoms. The van der Waals surface area contributed by atoms with Gasteiger partial charge in [0, 0.05) is 0 Å². The molecule has 146 valence electrons. The summed E-state index contributed by atoms with van der Waals surface area (Å²) >= 11 is 0. The van der Waals surface area contributed by atoms with Crippen LogP contribution in [0.15, 0.2) is 42.5 Å². The van der Waals surface area contributed by atoms with Gasteiger partial charge in [0.1, 0.15) is 6.54 Å². The monoisotopic (exact) mass is 388 g/mol. The van der Waals surface area contributed by atoms with Crippen molar-refractivity contribution in [2.24, 2.45) is 0 Å². The molecule has 1 atom stereocenters. The number of nitrogens with zero attached hydrogens (tertiary/aromatic N) is 1. The van der Waals surface area contributed by atoms with E-state index in [9.17, 15) is 13.2 Å². The molecular formula is C21H28N2O3S. The summed E-state index contributed by atoms with van der Waals surface area (Å²) in [7, 11) is -3.58. The van der Waals surface area contributed by atoms with Crippen molar-refractivity contribution in [1.29, 1.82) is 0 Å². The summed E-state index contributed by atoms with van der Waals surface area (Å²) in [5, 5.41) is 2.96. The summed E-state index contributed by atoms with van der Waals surface area (Å²) < 4.78 is 25.7. The second-order valence-electron chi connectivity index (χ2n) is 6.98. The first-order valence-electron chi connectivity index (χ1n) is 9.02. The van der Waals surface area contributed by atoms with E-state index in [-0.39, 0.29) is 18.5 Å². The van der Waals surface area contributed by atoms with Gasteiger partial charge in [0.15, 0.2) is 0 Å². The Bertz CT molecular complexity index is 906. The molecule has 0 heterocycles. The summed E-state index contributed by atoms with van der Waals surface area (Å²) in [5.74, 6) is -0.328. The highest BCUT2D eigenvalue weighted by molar-refractivity contribution is 7.92. The van der Waals surface area contributed by atoms with Gasteiger partial charge in [0.25, 0.3) is 0 Å². The van der Waals surface area contributed by atoms with Crippen LogP contribution < -0.4 is 9.62 Å². The fourth-order valence-electron chi connectivity index (χ4n) is 2.87. The first-order chi connectivity index (χ1) is 12.6. The Balaban J connectivity index is 2.20. The van der Waals surface area contributed by atoms with Crippen LogP contribution in [-0.4, -0.2) is 27.1 Å². The third-order valence-corrected chi connectivity index (χ3v) is 5.83. The number of carbonyl (C=O) groups excluding carboxylic acids is 1. The van der Waals surface area contributed by atoms with Crippen LogP contribution >= 0.6 is 0 Å². The summed E-state index contributed by atoms with van der Waals surface area (Å²) in [6.45, 7) is 7.64. The number of carbonyl (C=O) groups is 1. The molecule has 0 unspecified atom stereocenters. The van der Waals surface area contributed by atoms with Crippen LogP contribution in [0.25, 0.3) is 0 Å². The Morgan fingerprint density at radius 1 is 1.04 bits per heavy atom. The minimum absolute atomic E-state index is 0.153. The maximum Gasteiger partial charge on any atom is 0.241 e. The number of amides is 1. The van der Waals surface area contributed by atoms with Gasteiger partial charge in [-0.1, -0.05) is 42.8 Å². The highest BCUT2D eigenvalue weighted by atomic mass is 32.2. The van der Waals surface area contributed by atoms with Gasteiger partial charge in [0.05, 0.1) is 18.0 Å². The lowest BCUT2D eigenvalue weighted by atomic mass is 10.0. The van der Waals surface area contributed by atoms with E-state index in [4.69, 9.17) is 0 Å². The maximum atomic E-state index is 12.6. The second kappa shape index (κ2) is 8.57. The first kappa shape index (κ1) is 21.0. The van der Waals surface area contributed by atoms with Gasteiger partial charge in [-0.05, 0) is 56.0 Å². The average Bonchev–Trinajstić information content (AvgIpc) is 2.60. The van der Waals surface area contributed by atoms with E-state index in [2.05, 4.69) is 5.32 Å². The average molecular weight is 389 g/mol. The third kappa shape index (κ3) is 5.57. The lowest BCUT2D eigenvalue weighted by Gasteiger charge is -2.24. The molecule has 0 radical (unpaired) electrons. The number of aryl methyl sites for hydroxylation is 3. The van der Waals surface area contributed by atoms with Crippen LogP contribution in [0.1, 0.15) is 41.6 Å². The predicted octanol–water partition coefficient (Wildman–Crippen LogP) is 3.65. The zero-order chi connectivity index (χ0) is 20.2. The van der Waals surface area contributed by atoms with E-state index in [1.54, 1.807) is 12.1 Å². The molecule has 0 bridgehead atoms. The van der Waals surface area contributed by atoms with Crippen LogP contribution in [0.3, 0.4) is 0 Å². The number of hydrogen-bond acceptors (Lipinski definition) is 3. The minimum Gasteiger partial charge on any atom is -0.348 e. The van der Waals surface area contributed by atoms with Crippen molar-refractivity contribution in [3.05, 3.63) is 64.7 Å². The van der Waals surface area contributed by atoms with E-state index in [0.717, 1.165) is 39.2 Å². The largest absolute Gasteiger partial charge is 0.348 e. The molecule has 0 aliphatic carbocycles. The van der Waals surface area contributed by atoms with Gasteiger partial charge in [-0.2, -0.15) is 0 Å². The summed E-state index contributed by atoms with van der Waals surface area (Å²) in [6, 6.07) is 13.2. The molecule has 1 N–H and O–H groups in total. The second-order valence-corrected chi connectivity index (χ2v) is 8.88. The van der Waals surface area contributed by atoms with Crippen molar-refractivity contribution in [2.75, 3.05) is 17.1 Å². The van der Waals surface area contributed by atoms with Crippen molar-refractivity contribution in [3.63, 3.8) is 0 Å². The van der Waals surface area contributed by atoms with E-state index in [0.29, 0.717) is 5.69 Å². The smallest absolute Gasteiger partial charge is 0.241 e. The highest BCUT2D eigenvalue weighted by Crippen LogP contribution is 2.22. The molecule has 6 heteroatoms. The number of anilines is 1. The quantitative estimate of drug-likeness (QED) is 0.787. The van der Waals surface area contributed by atoms with Crippen molar-refractivity contribution >= 4 is 21.6 Å². The number of rotatable bonds is 7. The van der Waals surface area contributed by atoms with Crippen LogP contribution in [-0.2, 0) is 14.8 Å². The molecular weight excluding hydrogens is 360 g/mol. The lowest BCUT2D eigenvalue weighted by molar-refractivity contribution is -0.120. The molecule has 2 aromatic carbocycles. The van der Waals surface area contributed by atoms with Crippen LogP contribution in [0.4, 0.5) is 5.69 Å². The lowest BCUT2D eigenvalue weighted by Crippen LogP contribution is -2.41. The number of benzene rings is 2. The Labute approximate surface area is 162 Å². The SMILES string of the molecule is CC[C@H](NC(=O)CN(c1ccc(C)c(C)c1)S(C)(=O)=O)c1ccc(C)cc1. The molecule has 0 saturated carbocycles. The van der Waals surface area contributed by atoms with Gasteiger partial charge in [0.2, 0.25) is 15.9 Å². The molecule has 0 aliphatic heterocycles. The molecule has 2 rings (SSSR count). The topological polar surface area (TPSA) is 66.5 Å². The van der Waals surface area contributed by atoms with Crippen molar-refractivity contribution in [2.45, 2.75) is 40.2 Å². The van der Waals surface area contributed by atoms with Crippen LogP contribution in [0, 0.1) is 20.8 Å². The molecule has 0 saturated heterocycles. The van der Waals surface area contributed by atoms with Gasteiger partial charge >= 0.3 is 0 Å². The zero-order valence-electron chi connectivity index (χ0n) is 16.6. The molecule has 0 aromatic heterocycles. The number of nitrogens with one attached hydrogen (secondary N) is 1. The van der Waals surface area contributed by atoms with E-state index >= 15 is 0 Å². The zero-order valence-corrected chi connectivity index (χ0v) is 17.4. The Hall–Kier alpha value is -2.34. The normalized spacial score (nSPS) is 12.5. The van der Waals surface area contributed by atoms with Gasteiger partial charge < -0.3 is 5.32 Å². The molecule has 5 nitrogen and oxygen atoms in total. The summed E-state index contributed by atoms with van der Waals surface area (Å²) in [4.78, 5) is 12.6. The standard InChI is InChI=1S/C21H28N2O3S/c1-6-20(18-10-7-15(2)8-11-18)22-21(24)14-23(27(5,25)26)19-12-9-16(3)17(4)13-19/h7-13,20H,6,14H2,1-5H3,(H,22,24)/t20-/m0/s1. The van der Waals surface area contributed by atoms with Gasteiger partial charge in [-0.15, -0.1) is 0 Å².